The van der Waals surface area contributed by atoms with E-state index in [0.717, 1.165) is 12.1 Å². The van der Waals surface area contributed by atoms with E-state index in [1.54, 1.807) is 11.1 Å². The molecule has 0 saturated carbocycles. The van der Waals surface area contributed by atoms with Crippen molar-refractivity contribution in [3.05, 3.63) is 59.9 Å². The number of amides is 1. The minimum absolute atomic E-state index is 0.0488. The van der Waals surface area contributed by atoms with Gasteiger partial charge in [0, 0.05) is 37.8 Å². The third-order valence-corrected chi connectivity index (χ3v) is 6.04. The van der Waals surface area contributed by atoms with Gasteiger partial charge in [-0.2, -0.15) is 5.26 Å². The fourth-order valence-corrected chi connectivity index (χ4v) is 4.05. The van der Waals surface area contributed by atoms with Crippen LogP contribution in [0.3, 0.4) is 0 Å². The van der Waals surface area contributed by atoms with Gasteiger partial charge in [0.05, 0.1) is 29.4 Å². The largest absolute Gasteiger partial charge is 0.370 e. The smallest absolute Gasteiger partial charge is 0.253 e. The highest BCUT2D eigenvalue weighted by molar-refractivity contribution is 7.89. The summed E-state index contributed by atoms with van der Waals surface area (Å²) in [5.74, 6) is -0.157. The molecule has 1 saturated heterocycles. The Bertz CT molecular complexity index is 972. The number of nitrogens with one attached hydrogen (secondary N) is 1. The zero-order valence-corrected chi connectivity index (χ0v) is 16.6. The van der Waals surface area contributed by atoms with Crippen molar-refractivity contribution >= 4 is 15.9 Å². The predicted molar refractivity (Wildman–Crippen MR) is 105 cm³/mol. The standard InChI is InChI=1S/C20H22N4O4S/c21-10-3-12-23-29(26,27)19-7-5-16(6-8-19)20(25)24-13-9-18(14-24)28-15-17-4-1-2-11-22-17/h1-2,4-8,11,18,23H,3,9,12-15H2/t18-/m0/s1. The molecule has 1 amide bonds. The summed E-state index contributed by atoms with van der Waals surface area (Å²) in [6, 6.07) is 13.3. The molecular formula is C20H22N4O4S. The quantitative estimate of drug-likeness (QED) is 0.658. The Morgan fingerprint density at radius 2 is 2.07 bits per heavy atom. The number of nitriles is 1. The molecule has 0 bridgehead atoms. The number of hydrogen-bond donors (Lipinski definition) is 1. The summed E-state index contributed by atoms with van der Waals surface area (Å²) >= 11 is 0. The van der Waals surface area contributed by atoms with E-state index in [2.05, 4.69) is 9.71 Å². The molecule has 0 aliphatic carbocycles. The number of aromatic nitrogens is 1. The zero-order chi connectivity index (χ0) is 20.7. The van der Waals surface area contributed by atoms with Gasteiger partial charge < -0.3 is 9.64 Å². The SMILES string of the molecule is N#CCCNS(=O)(=O)c1ccc(C(=O)N2CC[C@H](OCc3ccccn3)C2)cc1. The molecule has 0 unspecified atom stereocenters. The van der Waals surface area contributed by atoms with E-state index in [4.69, 9.17) is 10.00 Å². The van der Waals surface area contributed by atoms with Gasteiger partial charge in [-0.25, -0.2) is 13.1 Å². The minimum Gasteiger partial charge on any atom is -0.370 e. The molecule has 29 heavy (non-hydrogen) atoms. The van der Waals surface area contributed by atoms with Crippen LogP contribution < -0.4 is 4.72 Å². The van der Waals surface area contributed by atoms with Gasteiger partial charge in [0.15, 0.2) is 0 Å². The first-order chi connectivity index (χ1) is 14.0. The van der Waals surface area contributed by atoms with Crippen molar-refractivity contribution in [2.45, 2.75) is 30.4 Å². The van der Waals surface area contributed by atoms with Gasteiger partial charge in [0.2, 0.25) is 10.0 Å². The molecule has 152 valence electrons. The lowest BCUT2D eigenvalue weighted by atomic mass is 10.2. The van der Waals surface area contributed by atoms with Crippen molar-refractivity contribution in [1.29, 1.82) is 5.26 Å². The number of benzene rings is 1. The lowest BCUT2D eigenvalue weighted by Crippen LogP contribution is -2.30. The molecule has 8 nitrogen and oxygen atoms in total. The summed E-state index contributed by atoms with van der Waals surface area (Å²) < 4.78 is 32.5. The molecule has 0 spiro atoms. The van der Waals surface area contributed by atoms with Crippen LogP contribution in [0.1, 0.15) is 28.9 Å². The van der Waals surface area contributed by atoms with E-state index >= 15 is 0 Å². The summed E-state index contributed by atoms with van der Waals surface area (Å²) in [5.41, 5.74) is 1.27. The number of nitrogens with zero attached hydrogens (tertiary/aromatic N) is 3. The van der Waals surface area contributed by atoms with Crippen molar-refractivity contribution in [3.63, 3.8) is 0 Å². The number of pyridine rings is 1. The van der Waals surface area contributed by atoms with Crippen LogP contribution in [0.2, 0.25) is 0 Å². The van der Waals surface area contributed by atoms with Crippen LogP contribution in [0.15, 0.2) is 53.6 Å². The zero-order valence-electron chi connectivity index (χ0n) is 15.8. The second-order valence-electron chi connectivity index (χ2n) is 6.62. The molecule has 9 heteroatoms. The average Bonchev–Trinajstić information content (AvgIpc) is 3.22. The third-order valence-electron chi connectivity index (χ3n) is 4.57. The Kier molecular flexibility index (Phi) is 6.93. The summed E-state index contributed by atoms with van der Waals surface area (Å²) in [4.78, 5) is 18.7. The predicted octanol–water partition coefficient (Wildman–Crippen LogP) is 1.70. The van der Waals surface area contributed by atoms with Crippen LogP contribution in [-0.4, -0.2) is 49.9 Å². The topological polar surface area (TPSA) is 112 Å². The van der Waals surface area contributed by atoms with Gasteiger partial charge in [-0.05, 0) is 42.8 Å². The van der Waals surface area contributed by atoms with Crippen molar-refractivity contribution < 1.29 is 17.9 Å². The van der Waals surface area contributed by atoms with E-state index in [1.165, 1.54) is 24.3 Å². The molecule has 1 N–H and O–H groups in total. The lowest BCUT2D eigenvalue weighted by molar-refractivity contribution is 0.0422. The Balaban J connectivity index is 1.55. The Labute approximate surface area is 170 Å². The number of sulfonamides is 1. The molecule has 1 aromatic carbocycles. The van der Waals surface area contributed by atoms with Crippen molar-refractivity contribution in [1.82, 2.24) is 14.6 Å². The monoisotopic (exact) mass is 414 g/mol. The van der Waals surface area contributed by atoms with Gasteiger partial charge in [0.25, 0.3) is 5.91 Å². The lowest BCUT2D eigenvalue weighted by Gasteiger charge is -2.17. The van der Waals surface area contributed by atoms with E-state index in [0.29, 0.717) is 25.3 Å². The number of carbonyl (C=O) groups excluding carboxylic acids is 1. The highest BCUT2D eigenvalue weighted by Crippen LogP contribution is 2.18. The molecule has 1 aliphatic heterocycles. The average molecular weight is 414 g/mol. The van der Waals surface area contributed by atoms with E-state index in [-0.39, 0.29) is 29.9 Å². The molecule has 2 aromatic rings. The first-order valence-corrected chi connectivity index (χ1v) is 10.8. The maximum absolute atomic E-state index is 12.7. The number of rotatable bonds is 8. The van der Waals surface area contributed by atoms with Crippen LogP contribution in [0, 0.1) is 11.3 Å². The molecule has 1 atom stereocenters. The van der Waals surface area contributed by atoms with Crippen molar-refractivity contribution in [2.75, 3.05) is 19.6 Å². The van der Waals surface area contributed by atoms with Gasteiger partial charge in [-0.3, -0.25) is 9.78 Å². The van der Waals surface area contributed by atoms with E-state index < -0.39 is 10.0 Å². The van der Waals surface area contributed by atoms with Crippen LogP contribution >= 0.6 is 0 Å². The normalized spacial score (nSPS) is 16.5. The van der Waals surface area contributed by atoms with Crippen LogP contribution in [-0.2, 0) is 21.4 Å². The second-order valence-corrected chi connectivity index (χ2v) is 8.39. The van der Waals surface area contributed by atoms with Crippen LogP contribution in [0.4, 0.5) is 0 Å². The molecule has 0 radical (unpaired) electrons. The number of hydrogen-bond acceptors (Lipinski definition) is 6. The molecule has 1 aliphatic rings. The fraction of sp³-hybridized carbons (Fsp3) is 0.350. The first-order valence-electron chi connectivity index (χ1n) is 9.27. The highest BCUT2D eigenvalue weighted by Gasteiger charge is 2.28. The van der Waals surface area contributed by atoms with E-state index in [1.807, 2.05) is 24.3 Å². The van der Waals surface area contributed by atoms with Gasteiger partial charge in [0.1, 0.15) is 0 Å². The molecule has 3 rings (SSSR count). The molecule has 1 fully saturated rings. The van der Waals surface area contributed by atoms with Gasteiger partial charge >= 0.3 is 0 Å². The number of carbonyl (C=O) groups is 1. The Morgan fingerprint density at radius 1 is 1.28 bits per heavy atom. The fourth-order valence-electron chi connectivity index (χ4n) is 3.02. The second kappa shape index (κ2) is 9.60. The third kappa shape index (κ3) is 5.60. The van der Waals surface area contributed by atoms with Crippen molar-refractivity contribution in [2.24, 2.45) is 0 Å². The minimum atomic E-state index is -3.69. The van der Waals surface area contributed by atoms with Gasteiger partial charge in [-0.15, -0.1) is 0 Å². The van der Waals surface area contributed by atoms with Gasteiger partial charge in [-0.1, -0.05) is 6.07 Å². The molecular weight excluding hydrogens is 392 g/mol. The number of ether oxygens (including phenoxy) is 1. The van der Waals surface area contributed by atoms with E-state index in [9.17, 15) is 13.2 Å². The van der Waals surface area contributed by atoms with Crippen LogP contribution in [0.5, 0.6) is 0 Å². The highest BCUT2D eigenvalue weighted by atomic mass is 32.2. The summed E-state index contributed by atoms with van der Waals surface area (Å²) in [5, 5.41) is 8.51. The molecule has 1 aromatic heterocycles. The Hall–Kier alpha value is -2.80. The summed E-state index contributed by atoms with van der Waals surface area (Å²) in [6.45, 7) is 1.52. The van der Waals surface area contributed by atoms with Crippen molar-refractivity contribution in [3.8, 4) is 6.07 Å². The molecule has 2 heterocycles. The number of likely N-dealkylation sites (tertiary alicyclic amines) is 1. The van der Waals surface area contributed by atoms with Crippen LogP contribution in [0.25, 0.3) is 0 Å². The summed E-state index contributed by atoms with van der Waals surface area (Å²) in [7, 11) is -3.69. The summed E-state index contributed by atoms with van der Waals surface area (Å²) in [6.07, 6.45) is 2.50. The maximum atomic E-state index is 12.7. The maximum Gasteiger partial charge on any atom is 0.253 e. The first kappa shape index (κ1) is 20.9. The Morgan fingerprint density at radius 3 is 2.76 bits per heavy atom.